The maximum atomic E-state index is 14.0. The summed E-state index contributed by atoms with van der Waals surface area (Å²) in [6, 6.07) is 18.9. The molecule has 1 nitrogen and oxygen atoms in total. The van der Waals surface area contributed by atoms with Gasteiger partial charge in [-0.25, -0.2) is 4.39 Å². The van der Waals surface area contributed by atoms with Gasteiger partial charge in [-0.1, -0.05) is 61.5 Å². The van der Waals surface area contributed by atoms with Crippen LogP contribution in [0.1, 0.15) is 42.9 Å². The van der Waals surface area contributed by atoms with Gasteiger partial charge in [0.05, 0.1) is 0 Å². The van der Waals surface area contributed by atoms with E-state index in [0.717, 1.165) is 44.5 Å². The zero-order valence-corrected chi connectivity index (χ0v) is 14.7. The second-order valence-electron chi connectivity index (χ2n) is 6.94. The molecule has 0 saturated heterocycles. The Bertz CT molecular complexity index is 616. The molecule has 0 radical (unpaired) electrons. The zero-order valence-electron chi connectivity index (χ0n) is 14.7. The number of hydrogen-bond donors (Lipinski definition) is 0. The van der Waals surface area contributed by atoms with Gasteiger partial charge >= 0.3 is 0 Å². The fraction of sp³-hybridized carbons (Fsp3) is 0.455. The molecule has 2 aromatic rings. The van der Waals surface area contributed by atoms with Crippen LogP contribution in [0.25, 0.3) is 0 Å². The molecular formula is C22H28FN. The molecule has 0 bridgehead atoms. The van der Waals surface area contributed by atoms with Gasteiger partial charge < -0.3 is 4.90 Å². The summed E-state index contributed by atoms with van der Waals surface area (Å²) in [5, 5.41) is 0. The van der Waals surface area contributed by atoms with Crippen LogP contribution in [0.2, 0.25) is 0 Å². The second kappa shape index (κ2) is 7.94. The number of halogens is 1. The van der Waals surface area contributed by atoms with Crippen molar-refractivity contribution in [2.75, 3.05) is 19.6 Å². The maximum absolute atomic E-state index is 14.0. The normalized spacial score (nSPS) is 15.6. The van der Waals surface area contributed by atoms with Crippen molar-refractivity contribution in [1.82, 2.24) is 4.90 Å². The van der Waals surface area contributed by atoms with Gasteiger partial charge in [-0.2, -0.15) is 0 Å². The Kier molecular flexibility index (Phi) is 5.68. The summed E-state index contributed by atoms with van der Waals surface area (Å²) in [6.45, 7) is 5.56. The van der Waals surface area contributed by atoms with Crippen molar-refractivity contribution in [3.05, 3.63) is 71.3 Å². The van der Waals surface area contributed by atoms with Crippen LogP contribution in [0, 0.1) is 0 Å². The number of nitrogens with zero attached hydrogens (tertiary/aromatic N) is 1. The van der Waals surface area contributed by atoms with E-state index in [1.807, 2.05) is 12.1 Å². The second-order valence-corrected chi connectivity index (χ2v) is 6.94. The molecule has 24 heavy (non-hydrogen) atoms. The first kappa shape index (κ1) is 17.2. The Labute approximate surface area is 145 Å². The Balaban J connectivity index is 1.41. The highest BCUT2D eigenvalue weighted by molar-refractivity contribution is 5.30. The molecule has 0 aromatic heterocycles. The Morgan fingerprint density at radius 2 is 1.54 bits per heavy atom. The third-order valence-electron chi connectivity index (χ3n) is 5.11. The average molecular weight is 325 g/mol. The van der Waals surface area contributed by atoms with E-state index in [2.05, 4.69) is 54.3 Å². The van der Waals surface area contributed by atoms with E-state index in [0.29, 0.717) is 12.8 Å². The summed E-state index contributed by atoms with van der Waals surface area (Å²) in [6.07, 6.45) is 4.73. The maximum Gasteiger partial charge on any atom is 0.136 e. The number of likely N-dealkylation sites (N-methyl/N-ethyl adjacent to an activating group) is 1. The minimum atomic E-state index is -1.00. The molecule has 0 atom stereocenters. The van der Waals surface area contributed by atoms with Gasteiger partial charge in [0, 0.05) is 6.54 Å². The standard InChI is InChI=1S/C22H28FN/c1-2-24(18-14-19-7-4-3-5-8-19)17-6-9-20-10-12-21(13-11-20)22(23)15-16-22/h3-5,7-8,10-13H,2,6,9,14-18H2,1H3. The van der Waals surface area contributed by atoms with Crippen LogP contribution in [-0.4, -0.2) is 24.5 Å². The Morgan fingerprint density at radius 1 is 0.875 bits per heavy atom. The van der Waals surface area contributed by atoms with E-state index in [4.69, 9.17) is 0 Å². The van der Waals surface area contributed by atoms with Gasteiger partial charge in [0.15, 0.2) is 0 Å². The summed E-state index contributed by atoms with van der Waals surface area (Å²) < 4.78 is 14.0. The summed E-state index contributed by atoms with van der Waals surface area (Å²) >= 11 is 0. The van der Waals surface area contributed by atoms with Gasteiger partial charge in [-0.3, -0.25) is 0 Å². The molecule has 0 N–H and O–H groups in total. The van der Waals surface area contributed by atoms with E-state index in [-0.39, 0.29) is 0 Å². The first-order valence-corrected chi connectivity index (χ1v) is 9.24. The van der Waals surface area contributed by atoms with Crippen LogP contribution in [0.5, 0.6) is 0 Å². The number of alkyl halides is 1. The van der Waals surface area contributed by atoms with Crippen molar-refractivity contribution in [3.63, 3.8) is 0 Å². The smallest absolute Gasteiger partial charge is 0.136 e. The predicted molar refractivity (Wildman–Crippen MR) is 99.0 cm³/mol. The quantitative estimate of drug-likeness (QED) is 0.617. The first-order valence-electron chi connectivity index (χ1n) is 9.24. The number of benzene rings is 2. The van der Waals surface area contributed by atoms with Gasteiger partial charge in [0.2, 0.25) is 0 Å². The Hall–Kier alpha value is -1.67. The van der Waals surface area contributed by atoms with Crippen LogP contribution in [0.15, 0.2) is 54.6 Å². The molecule has 0 heterocycles. The van der Waals surface area contributed by atoms with Gasteiger partial charge in [-0.15, -0.1) is 0 Å². The third-order valence-corrected chi connectivity index (χ3v) is 5.11. The first-order chi connectivity index (χ1) is 11.7. The fourth-order valence-corrected chi connectivity index (χ4v) is 3.24. The van der Waals surface area contributed by atoms with Crippen molar-refractivity contribution in [2.45, 2.75) is 44.7 Å². The molecule has 0 spiro atoms. The highest BCUT2D eigenvalue weighted by atomic mass is 19.1. The van der Waals surface area contributed by atoms with Crippen molar-refractivity contribution < 1.29 is 4.39 Å². The average Bonchev–Trinajstić information content (AvgIpc) is 3.38. The fourth-order valence-electron chi connectivity index (χ4n) is 3.24. The summed E-state index contributed by atoms with van der Waals surface area (Å²) in [5.74, 6) is 0. The topological polar surface area (TPSA) is 3.24 Å². The van der Waals surface area contributed by atoms with E-state index < -0.39 is 5.67 Å². The molecular weight excluding hydrogens is 297 g/mol. The molecule has 0 amide bonds. The summed E-state index contributed by atoms with van der Waals surface area (Å²) in [7, 11) is 0. The van der Waals surface area contributed by atoms with Crippen LogP contribution < -0.4 is 0 Å². The van der Waals surface area contributed by atoms with Crippen molar-refractivity contribution in [3.8, 4) is 0 Å². The molecule has 1 aliphatic rings. The van der Waals surface area contributed by atoms with Crippen LogP contribution in [0.3, 0.4) is 0 Å². The monoisotopic (exact) mass is 325 g/mol. The highest BCUT2D eigenvalue weighted by Gasteiger charge is 2.44. The molecule has 0 aliphatic heterocycles. The summed E-state index contributed by atoms with van der Waals surface area (Å²) in [4.78, 5) is 2.52. The minimum Gasteiger partial charge on any atom is -0.303 e. The molecule has 128 valence electrons. The molecule has 0 unspecified atom stereocenters. The third kappa shape index (κ3) is 4.67. The van der Waals surface area contributed by atoms with E-state index in [1.165, 1.54) is 11.1 Å². The van der Waals surface area contributed by atoms with Crippen LogP contribution >= 0.6 is 0 Å². The Morgan fingerprint density at radius 3 is 2.17 bits per heavy atom. The predicted octanol–water partition coefficient (Wildman–Crippen LogP) is 5.14. The van der Waals surface area contributed by atoms with Crippen molar-refractivity contribution >= 4 is 0 Å². The minimum absolute atomic E-state index is 0.694. The molecule has 2 aromatic carbocycles. The molecule has 1 aliphatic carbocycles. The molecule has 2 heteroatoms. The largest absolute Gasteiger partial charge is 0.303 e. The van der Waals surface area contributed by atoms with Crippen LogP contribution in [0.4, 0.5) is 4.39 Å². The van der Waals surface area contributed by atoms with Gasteiger partial charge in [-0.05, 0) is 61.9 Å². The molecule has 3 rings (SSSR count). The van der Waals surface area contributed by atoms with E-state index >= 15 is 0 Å². The lowest BCUT2D eigenvalue weighted by molar-refractivity contribution is 0.288. The van der Waals surface area contributed by atoms with Crippen molar-refractivity contribution in [2.24, 2.45) is 0 Å². The lowest BCUT2D eigenvalue weighted by atomic mass is 10.0. The summed E-state index contributed by atoms with van der Waals surface area (Å²) in [5.41, 5.74) is 2.59. The molecule has 1 fully saturated rings. The SMILES string of the molecule is CCN(CCCc1ccc(C2(F)CC2)cc1)CCc1ccccc1. The van der Waals surface area contributed by atoms with Gasteiger partial charge in [0.1, 0.15) is 5.67 Å². The highest BCUT2D eigenvalue weighted by Crippen LogP contribution is 2.49. The lowest BCUT2D eigenvalue weighted by Gasteiger charge is -2.20. The van der Waals surface area contributed by atoms with E-state index in [9.17, 15) is 4.39 Å². The van der Waals surface area contributed by atoms with Crippen LogP contribution in [-0.2, 0) is 18.5 Å². The number of hydrogen-bond acceptors (Lipinski definition) is 1. The number of rotatable bonds is 9. The lowest BCUT2D eigenvalue weighted by Crippen LogP contribution is -2.27. The number of aryl methyl sites for hydroxylation is 1. The molecule has 1 saturated carbocycles. The zero-order chi connectivity index (χ0) is 16.8. The van der Waals surface area contributed by atoms with Gasteiger partial charge in [0.25, 0.3) is 0 Å². The van der Waals surface area contributed by atoms with E-state index in [1.54, 1.807) is 0 Å². The van der Waals surface area contributed by atoms with Crippen molar-refractivity contribution in [1.29, 1.82) is 0 Å².